The van der Waals surface area contributed by atoms with Crippen molar-refractivity contribution in [2.24, 2.45) is 11.8 Å². The first-order valence-corrected chi connectivity index (χ1v) is 10.0. The van der Waals surface area contributed by atoms with Crippen LogP contribution in [0.1, 0.15) is 32.6 Å². The molecule has 0 aromatic carbocycles. The fraction of sp³-hybridized carbons (Fsp3) is 0.941. The highest BCUT2D eigenvalue weighted by Crippen LogP contribution is 2.37. The van der Waals surface area contributed by atoms with Crippen LogP contribution >= 0.6 is 23.2 Å². The van der Waals surface area contributed by atoms with Gasteiger partial charge in [-0.2, -0.15) is 0 Å². The van der Waals surface area contributed by atoms with Gasteiger partial charge in [-0.05, 0) is 38.1 Å². The molecule has 6 atom stereocenters. The van der Waals surface area contributed by atoms with Gasteiger partial charge in [-0.3, -0.25) is 4.79 Å². The number of hydrogen-bond acceptors (Lipinski definition) is 5. The third kappa shape index (κ3) is 5.21. The lowest BCUT2D eigenvalue weighted by Gasteiger charge is -2.44. The van der Waals surface area contributed by atoms with Crippen LogP contribution in [-0.4, -0.2) is 81.4 Å². The Morgan fingerprint density at radius 3 is 2.40 bits per heavy atom. The molecule has 0 radical (unpaired) electrons. The Hall–Kier alpha value is -0.110. The van der Waals surface area contributed by atoms with E-state index in [1.54, 1.807) is 4.90 Å². The molecule has 1 saturated heterocycles. The minimum atomic E-state index is -1.33. The van der Waals surface area contributed by atoms with E-state index in [-0.39, 0.29) is 22.7 Å². The molecule has 8 heteroatoms. The third-order valence-corrected chi connectivity index (χ3v) is 6.66. The maximum atomic E-state index is 12.0. The molecule has 1 amide bonds. The first kappa shape index (κ1) is 21.2. The Bertz CT molecular complexity index is 435. The standard InChI is InChI=1S/C17H30Cl2N2O4/c1-2-20-16(11-7-12(18)13(19)8-14(11)23)10-3-5-21(6-4-10)17(25)15(24)9-22/h10-16,20,22-24H,2-9H2,1H3/t11?,12?,13?,14?,15-,16?/m1/s1. The van der Waals surface area contributed by atoms with Gasteiger partial charge < -0.3 is 25.5 Å². The molecule has 146 valence electrons. The van der Waals surface area contributed by atoms with Gasteiger partial charge in [0.1, 0.15) is 0 Å². The van der Waals surface area contributed by atoms with E-state index < -0.39 is 24.7 Å². The van der Waals surface area contributed by atoms with Crippen molar-refractivity contribution < 1.29 is 20.1 Å². The van der Waals surface area contributed by atoms with Crippen LogP contribution in [0.4, 0.5) is 0 Å². The van der Waals surface area contributed by atoms with Crippen LogP contribution in [0.25, 0.3) is 0 Å². The van der Waals surface area contributed by atoms with Crippen LogP contribution in [0, 0.1) is 11.8 Å². The molecule has 1 saturated carbocycles. The number of hydrogen-bond donors (Lipinski definition) is 4. The lowest BCUT2D eigenvalue weighted by molar-refractivity contribution is -0.143. The number of halogens is 2. The topological polar surface area (TPSA) is 93.0 Å². The summed E-state index contributed by atoms with van der Waals surface area (Å²) in [5.74, 6) is -0.0390. The molecule has 4 N–H and O–H groups in total. The minimum absolute atomic E-state index is 0.0488. The average molecular weight is 397 g/mol. The van der Waals surface area contributed by atoms with Gasteiger partial charge in [0.05, 0.1) is 23.5 Å². The highest BCUT2D eigenvalue weighted by atomic mass is 35.5. The van der Waals surface area contributed by atoms with Crippen molar-refractivity contribution in [3.63, 3.8) is 0 Å². The van der Waals surface area contributed by atoms with Crippen LogP contribution in [0.2, 0.25) is 0 Å². The first-order valence-electron chi connectivity index (χ1n) is 9.16. The molecule has 0 bridgehead atoms. The van der Waals surface area contributed by atoms with Crippen molar-refractivity contribution in [1.82, 2.24) is 10.2 Å². The summed E-state index contributed by atoms with van der Waals surface area (Å²) in [7, 11) is 0. The van der Waals surface area contributed by atoms with E-state index in [4.69, 9.17) is 28.3 Å². The third-order valence-electron chi connectivity index (χ3n) is 5.57. The molecular formula is C17H30Cl2N2O4. The number of carbonyl (C=O) groups excluding carboxylic acids is 1. The van der Waals surface area contributed by atoms with Crippen molar-refractivity contribution >= 4 is 29.1 Å². The van der Waals surface area contributed by atoms with Gasteiger partial charge in [0.25, 0.3) is 5.91 Å². The van der Waals surface area contributed by atoms with Crippen molar-refractivity contribution in [3.05, 3.63) is 0 Å². The second-order valence-corrected chi connectivity index (χ2v) is 8.30. The predicted molar refractivity (Wildman–Crippen MR) is 97.9 cm³/mol. The molecule has 0 aromatic rings. The van der Waals surface area contributed by atoms with Crippen molar-refractivity contribution in [3.8, 4) is 0 Å². The van der Waals surface area contributed by atoms with Crippen molar-refractivity contribution in [2.75, 3.05) is 26.2 Å². The van der Waals surface area contributed by atoms with Crippen LogP contribution in [0.3, 0.4) is 0 Å². The smallest absolute Gasteiger partial charge is 0.253 e. The van der Waals surface area contributed by atoms with Crippen LogP contribution in [0.5, 0.6) is 0 Å². The number of aliphatic hydroxyl groups is 3. The number of carbonyl (C=O) groups is 1. The fourth-order valence-electron chi connectivity index (χ4n) is 4.17. The van der Waals surface area contributed by atoms with Crippen LogP contribution in [-0.2, 0) is 4.79 Å². The molecule has 0 aromatic heterocycles. The second-order valence-electron chi connectivity index (χ2n) is 7.18. The first-order chi connectivity index (χ1) is 11.9. The van der Waals surface area contributed by atoms with Crippen molar-refractivity contribution in [1.29, 1.82) is 0 Å². The summed E-state index contributed by atoms with van der Waals surface area (Å²) >= 11 is 12.5. The van der Waals surface area contributed by atoms with E-state index >= 15 is 0 Å². The number of alkyl halides is 2. The van der Waals surface area contributed by atoms with Crippen LogP contribution in [0.15, 0.2) is 0 Å². The number of aliphatic hydroxyl groups excluding tert-OH is 3. The van der Waals surface area contributed by atoms with Gasteiger partial charge in [-0.25, -0.2) is 0 Å². The summed E-state index contributed by atoms with van der Waals surface area (Å²) in [5.41, 5.74) is 0. The molecule has 1 heterocycles. The highest BCUT2D eigenvalue weighted by Gasteiger charge is 2.42. The lowest BCUT2D eigenvalue weighted by atomic mass is 9.73. The molecular weight excluding hydrogens is 367 g/mol. The number of piperidine rings is 1. The number of rotatable bonds is 6. The summed E-state index contributed by atoms with van der Waals surface area (Å²) in [5, 5.41) is 32.1. The van der Waals surface area contributed by atoms with E-state index in [0.717, 1.165) is 19.4 Å². The minimum Gasteiger partial charge on any atom is -0.393 e. The van der Waals surface area contributed by atoms with E-state index in [0.29, 0.717) is 31.8 Å². The normalized spacial score (nSPS) is 33.9. The van der Waals surface area contributed by atoms with Gasteiger partial charge >= 0.3 is 0 Å². The second kappa shape index (κ2) is 9.72. The number of nitrogens with one attached hydrogen (secondary N) is 1. The van der Waals surface area contributed by atoms with Crippen molar-refractivity contribution in [2.45, 2.75) is 61.6 Å². The van der Waals surface area contributed by atoms with E-state index in [2.05, 4.69) is 5.32 Å². The zero-order valence-corrected chi connectivity index (χ0v) is 16.2. The molecule has 2 rings (SSSR count). The van der Waals surface area contributed by atoms with Gasteiger partial charge in [0, 0.05) is 25.0 Å². The summed E-state index contributed by atoms with van der Waals surface area (Å²) in [4.78, 5) is 13.6. The maximum absolute atomic E-state index is 12.0. The predicted octanol–water partition coefficient (Wildman–Crippen LogP) is 0.542. The van der Waals surface area contributed by atoms with Gasteiger partial charge in [0.2, 0.25) is 0 Å². The van der Waals surface area contributed by atoms with Crippen LogP contribution < -0.4 is 5.32 Å². The van der Waals surface area contributed by atoms with Gasteiger partial charge in [0.15, 0.2) is 6.10 Å². The van der Waals surface area contributed by atoms with Gasteiger partial charge in [-0.1, -0.05) is 6.92 Å². The molecule has 2 aliphatic rings. The van der Waals surface area contributed by atoms with E-state index in [1.807, 2.05) is 6.92 Å². The van der Waals surface area contributed by atoms with E-state index in [9.17, 15) is 15.0 Å². The quantitative estimate of drug-likeness (QED) is 0.491. The Morgan fingerprint density at radius 2 is 1.84 bits per heavy atom. The monoisotopic (exact) mass is 396 g/mol. The Morgan fingerprint density at radius 1 is 1.24 bits per heavy atom. The summed E-state index contributed by atoms with van der Waals surface area (Å²) in [6.07, 6.45) is 0.958. The number of likely N-dealkylation sites (tertiary alicyclic amines) is 1. The summed E-state index contributed by atoms with van der Waals surface area (Å²) in [6, 6.07) is 0.130. The fourth-order valence-corrected chi connectivity index (χ4v) is 4.77. The Labute approximate surface area is 159 Å². The lowest BCUT2D eigenvalue weighted by Crippen LogP contribution is -2.54. The molecule has 2 fully saturated rings. The zero-order chi connectivity index (χ0) is 18.6. The maximum Gasteiger partial charge on any atom is 0.253 e. The molecule has 25 heavy (non-hydrogen) atoms. The molecule has 5 unspecified atom stereocenters. The number of nitrogens with zero attached hydrogens (tertiary/aromatic N) is 1. The van der Waals surface area contributed by atoms with E-state index in [1.165, 1.54) is 0 Å². The zero-order valence-electron chi connectivity index (χ0n) is 14.7. The van der Waals surface area contributed by atoms with Gasteiger partial charge in [-0.15, -0.1) is 23.2 Å². The largest absolute Gasteiger partial charge is 0.393 e. The highest BCUT2D eigenvalue weighted by molar-refractivity contribution is 6.30. The Balaban J connectivity index is 1.98. The summed E-state index contributed by atoms with van der Waals surface area (Å²) < 4.78 is 0. The Kier molecular flexibility index (Phi) is 8.24. The molecule has 1 aliphatic carbocycles. The molecule has 6 nitrogen and oxygen atoms in total. The SMILES string of the molecule is CCNC(C1CCN(C(=O)[C@H](O)CO)CC1)C1CC(Cl)C(Cl)CC1O. The number of amides is 1. The summed E-state index contributed by atoms with van der Waals surface area (Å²) in [6.45, 7) is 3.39. The molecule has 1 aliphatic heterocycles. The average Bonchev–Trinajstić information content (AvgIpc) is 2.62. The molecule has 0 spiro atoms.